The minimum Gasteiger partial charge on any atom is -0.459 e. The Balaban J connectivity index is 4.50. The highest BCUT2D eigenvalue weighted by atomic mass is 32.2. The molecule has 0 saturated carbocycles. The van der Waals surface area contributed by atoms with E-state index in [4.69, 9.17) is 9.84 Å². The number of aliphatic hydroxyl groups is 1. The fraction of sp³-hybridized carbons (Fsp3) is 0.923. The summed E-state index contributed by atoms with van der Waals surface area (Å²) in [5.41, 5.74) is -0.697. The van der Waals surface area contributed by atoms with Gasteiger partial charge in [-0.2, -0.15) is 0 Å². The zero-order valence-corrected chi connectivity index (χ0v) is 13.6. The highest BCUT2D eigenvalue weighted by molar-refractivity contribution is 7.92. The van der Waals surface area contributed by atoms with Crippen LogP contribution in [0.2, 0.25) is 0 Å². The van der Waals surface area contributed by atoms with Crippen molar-refractivity contribution in [2.75, 3.05) is 24.7 Å². The Kier molecular flexibility index (Phi) is 8.30. The van der Waals surface area contributed by atoms with Gasteiger partial charge in [0.25, 0.3) is 0 Å². The molecule has 0 aromatic heterocycles. The fourth-order valence-electron chi connectivity index (χ4n) is 1.66. The minimum absolute atomic E-state index is 0.0939. The molecule has 0 aromatic rings. The summed E-state index contributed by atoms with van der Waals surface area (Å²) in [6, 6.07) is -0.340. The van der Waals surface area contributed by atoms with Crippen LogP contribution in [0.4, 0.5) is 0 Å². The third-order valence-corrected chi connectivity index (χ3v) is 3.96. The van der Waals surface area contributed by atoms with Crippen LogP contribution in [0.25, 0.3) is 0 Å². The Morgan fingerprint density at radius 3 is 2.40 bits per heavy atom. The molecular formula is C13H27NO5S. The van der Waals surface area contributed by atoms with Gasteiger partial charge in [0, 0.05) is 12.6 Å². The van der Waals surface area contributed by atoms with Gasteiger partial charge in [0.15, 0.2) is 9.84 Å². The first-order valence-electron chi connectivity index (χ1n) is 6.86. The summed E-state index contributed by atoms with van der Waals surface area (Å²) in [6.45, 7) is 7.62. The van der Waals surface area contributed by atoms with Crippen LogP contribution in [0.5, 0.6) is 0 Å². The van der Waals surface area contributed by atoms with Gasteiger partial charge < -0.3 is 15.2 Å². The highest BCUT2D eigenvalue weighted by Gasteiger charge is 2.25. The van der Waals surface area contributed by atoms with E-state index in [1.807, 2.05) is 6.92 Å². The van der Waals surface area contributed by atoms with Crippen LogP contribution in [-0.4, -0.2) is 55.8 Å². The summed E-state index contributed by atoms with van der Waals surface area (Å²) in [5.74, 6) is -1.54. The van der Waals surface area contributed by atoms with Gasteiger partial charge in [-0.15, -0.1) is 0 Å². The molecule has 6 nitrogen and oxygen atoms in total. The maximum atomic E-state index is 12.0. The molecule has 0 aliphatic rings. The van der Waals surface area contributed by atoms with Crippen molar-refractivity contribution in [3.63, 3.8) is 0 Å². The minimum atomic E-state index is -3.55. The third-order valence-electron chi connectivity index (χ3n) is 2.37. The summed E-state index contributed by atoms with van der Waals surface area (Å²) >= 11 is 0. The van der Waals surface area contributed by atoms with Crippen LogP contribution >= 0.6 is 0 Å². The molecule has 1 unspecified atom stereocenters. The zero-order chi connectivity index (χ0) is 15.8. The molecule has 0 spiro atoms. The van der Waals surface area contributed by atoms with Gasteiger partial charge in [-0.3, -0.25) is 4.79 Å². The average molecular weight is 309 g/mol. The van der Waals surface area contributed by atoms with E-state index in [9.17, 15) is 13.2 Å². The first-order valence-corrected chi connectivity index (χ1v) is 8.68. The number of carbonyl (C=O) groups is 1. The molecule has 0 heterocycles. The number of hydrogen-bond acceptors (Lipinski definition) is 6. The van der Waals surface area contributed by atoms with Gasteiger partial charge in [0.2, 0.25) is 0 Å². The van der Waals surface area contributed by atoms with Gasteiger partial charge in [0.05, 0.1) is 5.75 Å². The average Bonchev–Trinajstić information content (AvgIpc) is 2.21. The predicted molar refractivity (Wildman–Crippen MR) is 78.3 cm³/mol. The summed E-state index contributed by atoms with van der Waals surface area (Å²) in [6.07, 6.45) is 1.21. The van der Waals surface area contributed by atoms with Crippen molar-refractivity contribution in [1.82, 2.24) is 5.32 Å². The summed E-state index contributed by atoms with van der Waals surface area (Å²) < 4.78 is 28.9. The molecule has 0 saturated heterocycles. The van der Waals surface area contributed by atoms with Crippen LogP contribution in [0.3, 0.4) is 0 Å². The summed E-state index contributed by atoms with van der Waals surface area (Å²) in [5, 5.41) is 12.0. The van der Waals surface area contributed by atoms with Gasteiger partial charge in [-0.05, 0) is 40.2 Å². The molecule has 0 aliphatic heterocycles. The van der Waals surface area contributed by atoms with E-state index in [0.717, 1.165) is 6.42 Å². The second-order valence-corrected chi connectivity index (χ2v) is 7.91. The molecule has 7 heteroatoms. The molecule has 20 heavy (non-hydrogen) atoms. The third kappa shape index (κ3) is 10.2. The number of nitrogens with one attached hydrogen (secondary N) is 1. The van der Waals surface area contributed by atoms with E-state index in [-0.39, 0.29) is 18.4 Å². The van der Waals surface area contributed by atoms with Crippen LogP contribution in [0.15, 0.2) is 0 Å². The number of esters is 1. The molecule has 0 aromatic carbocycles. The highest BCUT2D eigenvalue weighted by Crippen LogP contribution is 2.09. The van der Waals surface area contributed by atoms with Crippen LogP contribution in [0.1, 0.15) is 40.5 Å². The lowest BCUT2D eigenvalue weighted by Crippen LogP contribution is -2.39. The Labute approximate surface area is 121 Å². The van der Waals surface area contributed by atoms with Crippen molar-refractivity contribution < 1.29 is 23.1 Å². The zero-order valence-electron chi connectivity index (χ0n) is 12.8. The van der Waals surface area contributed by atoms with Gasteiger partial charge in [-0.1, -0.05) is 6.92 Å². The molecule has 0 bridgehead atoms. The van der Waals surface area contributed by atoms with Crippen molar-refractivity contribution in [3.8, 4) is 0 Å². The standard InChI is InChI=1S/C13H27NO5S/c1-5-7-14-11(6-8-15)9-20(17,18)10-12(16)19-13(2,3)4/h11,14-15H,5-10H2,1-4H3. The Bertz CT molecular complexity index is 386. The van der Waals surface area contributed by atoms with Crippen LogP contribution in [-0.2, 0) is 19.4 Å². The van der Waals surface area contributed by atoms with Crippen LogP contribution < -0.4 is 5.32 Å². The van der Waals surface area contributed by atoms with Gasteiger partial charge in [0.1, 0.15) is 11.4 Å². The lowest BCUT2D eigenvalue weighted by atomic mass is 10.2. The lowest BCUT2D eigenvalue weighted by molar-refractivity contribution is -0.151. The molecule has 0 aliphatic carbocycles. The van der Waals surface area contributed by atoms with Crippen molar-refractivity contribution in [3.05, 3.63) is 0 Å². The van der Waals surface area contributed by atoms with E-state index in [1.165, 1.54) is 0 Å². The topological polar surface area (TPSA) is 92.7 Å². The van der Waals surface area contributed by atoms with E-state index < -0.39 is 27.2 Å². The molecule has 0 radical (unpaired) electrons. The second-order valence-electron chi connectivity index (χ2n) is 5.80. The Morgan fingerprint density at radius 2 is 1.95 bits per heavy atom. The number of hydrogen-bond donors (Lipinski definition) is 2. The van der Waals surface area contributed by atoms with Crippen molar-refractivity contribution in [2.24, 2.45) is 0 Å². The van der Waals surface area contributed by atoms with Gasteiger partial charge in [-0.25, -0.2) is 8.42 Å². The number of rotatable bonds is 9. The van der Waals surface area contributed by atoms with Crippen LogP contribution in [0, 0.1) is 0 Å². The molecule has 0 rings (SSSR count). The first-order chi connectivity index (χ1) is 9.09. The molecule has 2 N–H and O–H groups in total. The van der Waals surface area contributed by atoms with E-state index in [2.05, 4.69) is 5.32 Å². The lowest BCUT2D eigenvalue weighted by Gasteiger charge is -2.20. The molecule has 0 amide bonds. The van der Waals surface area contributed by atoms with Crippen molar-refractivity contribution >= 4 is 15.8 Å². The number of aliphatic hydroxyl groups excluding tert-OH is 1. The normalized spacial score (nSPS) is 14.1. The van der Waals surface area contributed by atoms with Crippen molar-refractivity contribution in [2.45, 2.75) is 52.2 Å². The predicted octanol–water partition coefficient (Wildman–Crippen LogP) is 0.494. The van der Waals surface area contributed by atoms with Crippen molar-refractivity contribution in [1.29, 1.82) is 0 Å². The summed E-state index contributed by atoms with van der Waals surface area (Å²) in [4.78, 5) is 11.6. The first kappa shape index (κ1) is 19.3. The maximum absolute atomic E-state index is 12.0. The van der Waals surface area contributed by atoms with E-state index in [0.29, 0.717) is 13.0 Å². The second kappa shape index (κ2) is 8.59. The maximum Gasteiger partial charge on any atom is 0.321 e. The number of carbonyl (C=O) groups excluding carboxylic acids is 1. The van der Waals surface area contributed by atoms with Gasteiger partial charge >= 0.3 is 5.97 Å². The number of ether oxygens (including phenoxy) is 1. The number of sulfone groups is 1. The molecule has 120 valence electrons. The Hall–Kier alpha value is -0.660. The van der Waals surface area contributed by atoms with E-state index >= 15 is 0 Å². The molecule has 1 atom stereocenters. The monoisotopic (exact) mass is 309 g/mol. The molecular weight excluding hydrogens is 282 g/mol. The molecule has 0 fully saturated rings. The SMILES string of the molecule is CCCNC(CCO)CS(=O)(=O)CC(=O)OC(C)(C)C. The largest absolute Gasteiger partial charge is 0.459 e. The fourth-order valence-corrected chi connectivity index (χ4v) is 3.10. The quantitative estimate of drug-likeness (QED) is 0.602. The van der Waals surface area contributed by atoms with E-state index in [1.54, 1.807) is 20.8 Å². The summed E-state index contributed by atoms with van der Waals surface area (Å²) in [7, 11) is -3.55. The smallest absolute Gasteiger partial charge is 0.321 e. The Morgan fingerprint density at radius 1 is 1.35 bits per heavy atom.